The molecule has 242 valence electrons. The highest BCUT2D eigenvalue weighted by Gasteiger charge is 2.21. The van der Waals surface area contributed by atoms with E-state index >= 15 is 0 Å². The third-order valence-corrected chi connectivity index (χ3v) is 8.40. The van der Waals surface area contributed by atoms with E-state index in [0.717, 1.165) is 56.1 Å². The van der Waals surface area contributed by atoms with Crippen molar-refractivity contribution in [3.63, 3.8) is 0 Å². The monoisotopic (exact) mass is 603 g/mol. The number of nitrogens with zero attached hydrogens (tertiary/aromatic N) is 2. The Kier molecular flexibility index (Phi) is 15.1. The number of amides is 1. The molecule has 0 aliphatic heterocycles. The van der Waals surface area contributed by atoms with Crippen LogP contribution in [0.4, 0.5) is 0 Å². The van der Waals surface area contributed by atoms with Gasteiger partial charge in [0.1, 0.15) is 0 Å². The molecule has 0 bridgehead atoms. The number of rotatable bonds is 21. The highest BCUT2D eigenvalue weighted by Crippen LogP contribution is 2.24. The van der Waals surface area contributed by atoms with Crippen LogP contribution < -0.4 is 5.32 Å². The summed E-state index contributed by atoms with van der Waals surface area (Å²) < 4.78 is 7.69. The first-order valence-corrected chi connectivity index (χ1v) is 17.2. The molecule has 0 radical (unpaired) electrons. The summed E-state index contributed by atoms with van der Waals surface area (Å²) in [5.74, 6) is -0.0904. The van der Waals surface area contributed by atoms with Gasteiger partial charge in [-0.1, -0.05) is 71.2 Å². The fourth-order valence-corrected chi connectivity index (χ4v) is 5.59. The quantitative estimate of drug-likeness (QED) is 0.125. The number of aryl methyl sites for hydroxylation is 2. The zero-order valence-electron chi connectivity index (χ0n) is 28.3. The number of unbranched alkanes of at least 4 members (excludes halogenated alkanes) is 3. The summed E-state index contributed by atoms with van der Waals surface area (Å²) in [6, 6.07) is 13.9. The minimum Gasteiger partial charge on any atom is -0.377 e. The van der Waals surface area contributed by atoms with Crippen molar-refractivity contribution in [2.75, 3.05) is 26.2 Å². The van der Waals surface area contributed by atoms with Crippen LogP contribution in [0, 0.1) is 0 Å². The average molecular weight is 604 g/mol. The normalized spacial score (nSPS) is 12.4. The molecule has 0 aliphatic carbocycles. The lowest BCUT2D eigenvalue weighted by Gasteiger charge is -2.21. The van der Waals surface area contributed by atoms with Crippen LogP contribution in [-0.2, 0) is 17.6 Å². The van der Waals surface area contributed by atoms with Gasteiger partial charge in [-0.25, -0.2) is 0 Å². The van der Waals surface area contributed by atoms with Crippen LogP contribution in [0.2, 0.25) is 0 Å². The maximum absolute atomic E-state index is 13.9. The molecular formula is C38H57N3O3. The van der Waals surface area contributed by atoms with Crippen molar-refractivity contribution in [3.05, 3.63) is 76.6 Å². The van der Waals surface area contributed by atoms with Crippen LogP contribution in [0.3, 0.4) is 0 Å². The molecule has 3 rings (SSSR count). The first-order chi connectivity index (χ1) is 21.3. The van der Waals surface area contributed by atoms with E-state index in [1.54, 1.807) is 0 Å². The Morgan fingerprint density at radius 3 is 2.09 bits per heavy atom. The van der Waals surface area contributed by atoms with Gasteiger partial charge in [-0.05, 0) is 108 Å². The lowest BCUT2D eigenvalue weighted by molar-refractivity contribution is 0.0564. The van der Waals surface area contributed by atoms with Gasteiger partial charge in [0.2, 0.25) is 5.78 Å². The molecule has 44 heavy (non-hydrogen) atoms. The first kappa shape index (κ1) is 35.5. The number of fused-ring (bicyclic) bond motifs is 1. The molecule has 1 atom stereocenters. The second-order valence-electron chi connectivity index (χ2n) is 12.5. The number of carbonyl (C=O) groups is 2. The molecule has 6 heteroatoms. The molecule has 1 unspecified atom stereocenters. The second kappa shape index (κ2) is 18.8. The van der Waals surface area contributed by atoms with Gasteiger partial charge in [0.05, 0.1) is 24.4 Å². The summed E-state index contributed by atoms with van der Waals surface area (Å²) in [7, 11) is 0. The predicted molar refractivity (Wildman–Crippen MR) is 183 cm³/mol. The molecule has 6 nitrogen and oxygen atoms in total. The summed E-state index contributed by atoms with van der Waals surface area (Å²) in [6.07, 6.45) is 12.8. The number of ether oxygens (including phenoxy) is 1. The molecular weight excluding hydrogens is 546 g/mol. The molecule has 0 spiro atoms. The maximum Gasteiger partial charge on any atom is 0.251 e. The summed E-state index contributed by atoms with van der Waals surface area (Å²) in [5.41, 5.74) is 5.18. The van der Waals surface area contributed by atoms with Gasteiger partial charge in [0.25, 0.3) is 5.91 Å². The van der Waals surface area contributed by atoms with Gasteiger partial charge < -0.3 is 19.4 Å². The molecule has 0 saturated carbocycles. The molecule has 2 aromatic heterocycles. The molecule has 1 aromatic carbocycles. The Balaban J connectivity index is 1.75. The van der Waals surface area contributed by atoms with Gasteiger partial charge in [-0.2, -0.15) is 0 Å². The summed E-state index contributed by atoms with van der Waals surface area (Å²) >= 11 is 0. The van der Waals surface area contributed by atoms with Crippen molar-refractivity contribution in [2.45, 2.75) is 118 Å². The summed E-state index contributed by atoms with van der Waals surface area (Å²) in [4.78, 5) is 29.7. The van der Waals surface area contributed by atoms with Crippen LogP contribution in [0.25, 0.3) is 5.52 Å². The molecule has 2 heterocycles. The minimum atomic E-state index is -0.120. The Labute approximate surface area is 266 Å². The van der Waals surface area contributed by atoms with Gasteiger partial charge in [-0.3, -0.25) is 9.59 Å². The molecule has 0 saturated heterocycles. The number of ketones is 1. The number of pyridine rings is 1. The Morgan fingerprint density at radius 2 is 1.48 bits per heavy atom. The molecule has 1 amide bonds. The molecule has 0 fully saturated rings. The number of hydrogen-bond acceptors (Lipinski definition) is 4. The zero-order valence-corrected chi connectivity index (χ0v) is 28.3. The standard InChI is InChI=1S/C38H57N3O3/c1-7-11-16-32-26-35-27-33(38(43)39-34(10-4)28-44-29(5)6)21-25-41(35)36(32)37(42)31-19-17-30(18-20-31)15-14-24-40(22-12-8-2)23-13-9-3/h17-21,25-27,29,34H,7-16,22-24,28H2,1-6H3,(H,39,43). The lowest BCUT2D eigenvalue weighted by atomic mass is 10.00. The van der Waals surface area contributed by atoms with Crippen LogP contribution in [0.5, 0.6) is 0 Å². The Hall–Kier alpha value is -2.96. The highest BCUT2D eigenvalue weighted by molar-refractivity contribution is 6.10. The van der Waals surface area contributed by atoms with Crippen LogP contribution in [0.15, 0.2) is 48.7 Å². The van der Waals surface area contributed by atoms with E-state index in [2.05, 4.69) is 49.2 Å². The zero-order chi connectivity index (χ0) is 31.9. The predicted octanol–water partition coefficient (Wildman–Crippen LogP) is 8.28. The summed E-state index contributed by atoms with van der Waals surface area (Å²) in [6.45, 7) is 16.7. The van der Waals surface area contributed by atoms with Crippen LogP contribution >= 0.6 is 0 Å². The van der Waals surface area contributed by atoms with E-state index in [1.807, 2.05) is 55.6 Å². The van der Waals surface area contributed by atoms with Crippen molar-refractivity contribution < 1.29 is 14.3 Å². The van der Waals surface area contributed by atoms with Crippen molar-refractivity contribution >= 4 is 17.2 Å². The number of hydrogen-bond donors (Lipinski definition) is 1. The fourth-order valence-electron chi connectivity index (χ4n) is 5.59. The Bertz CT molecular complexity index is 1290. The van der Waals surface area contributed by atoms with Crippen molar-refractivity contribution in [1.29, 1.82) is 0 Å². The van der Waals surface area contributed by atoms with Gasteiger partial charge in [-0.15, -0.1) is 0 Å². The third-order valence-electron chi connectivity index (χ3n) is 8.40. The molecule has 1 N–H and O–H groups in total. The van der Waals surface area contributed by atoms with Crippen molar-refractivity contribution in [1.82, 2.24) is 14.6 Å². The third kappa shape index (κ3) is 10.6. The summed E-state index contributed by atoms with van der Waals surface area (Å²) in [5, 5.41) is 3.11. The smallest absolute Gasteiger partial charge is 0.251 e. The number of benzene rings is 1. The molecule has 0 aliphatic rings. The van der Waals surface area contributed by atoms with E-state index in [-0.39, 0.29) is 23.8 Å². The van der Waals surface area contributed by atoms with Gasteiger partial charge in [0.15, 0.2) is 0 Å². The topological polar surface area (TPSA) is 63.0 Å². The molecule has 3 aromatic rings. The van der Waals surface area contributed by atoms with E-state index < -0.39 is 0 Å². The number of carbonyl (C=O) groups excluding carboxylic acids is 2. The SMILES string of the molecule is CCCCc1cc2cc(C(=O)NC(CC)COC(C)C)ccn2c1C(=O)c1ccc(CCCN(CCCC)CCCC)cc1. The van der Waals surface area contributed by atoms with Crippen LogP contribution in [0.1, 0.15) is 130 Å². The van der Waals surface area contributed by atoms with Crippen molar-refractivity contribution in [2.24, 2.45) is 0 Å². The minimum absolute atomic E-state index is 0.0297. The van der Waals surface area contributed by atoms with E-state index in [9.17, 15) is 9.59 Å². The lowest BCUT2D eigenvalue weighted by Crippen LogP contribution is -2.38. The second-order valence-corrected chi connectivity index (χ2v) is 12.5. The number of nitrogens with one attached hydrogen (secondary N) is 1. The number of aromatic nitrogens is 1. The van der Waals surface area contributed by atoms with Crippen LogP contribution in [-0.4, -0.2) is 59.4 Å². The van der Waals surface area contributed by atoms with Gasteiger partial charge >= 0.3 is 0 Å². The highest BCUT2D eigenvalue weighted by atomic mass is 16.5. The Morgan fingerprint density at radius 1 is 0.818 bits per heavy atom. The van der Waals surface area contributed by atoms with E-state index in [1.165, 1.54) is 44.3 Å². The van der Waals surface area contributed by atoms with E-state index in [4.69, 9.17) is 4.74 Å². The first-order valence-electron chi connectivity index (χ1n) is 17.2. The van der Waals surface area contributed by atoms with E-state index in [0.29, 0.717) is 23.4 Å². The van der Waals surface area contributed by atoms with Crippen molar-refractivity contribution in [3.8, 4) is 0 Å². The average Bonchev–Trinajstić information content (AvgIpc) is 3.40. The fraction of sp³-hybridized carbons (Fsp3) is 0.579. The largest absolute Gasteiger partial charge is 0.377 e. The van der Waals surface area contributed by atoms with Gasteiger partial charge in [0, 0.05) is 22.8 Å². The maximum atomic E-state index is 13.9.